The molecule has 0 radical (unpaired) electrons. The summed E-state index contributed by atoms with van der Waals surface area (Å²) in [5, 5.41) is 4.16. The van der Waals surface area contributed by atoms with Gasteiger partial charge in [0.15, 0.2) is 5.88 Å². The molecule has 0 aromatic carbocycles. The third-order valence-electron chi connectivity index (χ3n) is 12.3. The molecular formula is C37H42FN7O3. The topological polar surface area (TPSA) is 120 Å². The lowest BCUT2D eigenvalue weighted by Gasteiger charge is -2.64. The first-order valence-corrected chi connectivity index (χ1v) is 17.8. The molecule has 7 fully saturated rings. The number of fused-ring (bicyclic) bond motifs is 4. The Bertz CT molecular complexity index is 2020. The first kappa shape index (κ1) is 29.0. The predicted molar refractivity (Wildman–Crippen MR) is 177 cm³/mol. The van der Waals surface area contributed by atoms with Crippen LogP contribution >= 0.6 is 0 Å². The second-order valence-electron chi connectivity index (χ2n) is 15.9. The minimum absolute atomic E-state index is 0.00722. The largest absolute Gasteiger partial charge is 0.482 e. The predicted octanol–water partition coefficient (Wildman–Crippen LogP) is 5.42. The Morgan fingerprint density at radius 2 is 1.88 bits per heavy atom. The zero-order valence-corrected chi connectivity index (χ0v) is 27.5. The Morgan fingerprint density at radius 1 is 1.08 bits per heavy atom. The van der Waals surface area contributed by atoms with Gasteiger partial charge in [0.1, 0.15) is 22.7 Å². The molecule has 11 heteroatoms. The van der Waals surface area contributed by atoms with Crippen LogP contribution in [0.3, 0.4) is 0 Å². The van der Waals surface area contributed by atoms with Gasteiger partial charge in [0.25, 0.3) is 5.91 Å². The van der Waals surface area contributed by atoms with Crippen LogP contribution in [-0.2, 0) is 11.3 Å². The maximum atomic E-state index is 14.1. The molecule has 3 N–H and O–H groups in total. The van der Waals surface area contributed by atoms with Crippen LogP contribution in [0.4, 0.5) is 4.39 Å². The second-order valence-corrected chi connectivity index (χ2v) is 15.9. The number of carbonyl (C=O) groups is 2. The molecule has 48 heavy (non-hydrogen) atoms. The highest BCUT2D eigenvalue weighted by molar-refractivity contribution is 5.97. The number of aromatic nitrogens is 4. The van der Waals surface area contributed by atoms with Crippen LogP contribution in [-0.4, -0.2) is 66.6 Å². The number of ether oxygens (including phenoxy) is 1. The Balaban J connectivity index is 1.05. The van der Waals surface area contributed by atoms with Gasteiger partial charge in [-0.05, 0) is 101 Å². The fourth-order valence-electron chi connectivity index (χ4n) is 9.50. The van der Waals surface area contributed by atoms with Crippen LogP contribution in [0.15, 0.2) is 30.3 Å². The summed E-state index contributed by atoms with van der Waals surface area (Å²) in [6, 6.07) is 10.1. The van der Waals surface area contributed by atoms with Crippen LogP contribution in [0.2, 0.25) is 0 Å². The van der Waals surface area contributed by atoms with Gasteiger partial charge in [-0.25, -0.2) is 14.4 Å². The fraction of sp³-hybridized carbons (Fsp3) is 0.568. The zero-order chi connectivity index (χ0) is 32.7. The molecule has 2 amide bonds. The van der Waals surface area contributed by atoms with E-state index in [-0.39, 0.29) is 36.0 Å². The molecule has 10 nitrogen and oxygen atoms in total. The highest BCUT2D eigenvalue weighted by atomic mass is 19.1. The third-order valence-corrected chi connectivity index (χ3v) is 12.3. The van der Waals surface area contributed by atoms with Crippen molar-refractivity contribution in [2.24, 2.45) is 17.1 Å². The lowest BCUT2D eigenvalue weighted by Crippen LogP contribution is -2.70. The average Bonchev–Trinajstić information content (AvgIpc) is 3.92. The van der Waals surface area contributed by atoms with E-state index in [1.165, 1.54) is 12.8 Å². The Kier molecular flexibility index (Phi) is 5.91. The van der Waals surface area contributed by atoms with Gasteiger partial charge in [-0.1, -0.05) is 0 Å². The van der Waals surface area contributed by atoms with Gasteiger partial charge in [0.05, 0.1) is 35.6 Å². The number of nitrogens with one attached hydrogen (secondary N) is 1. The van der Waals surface area contributed by atoms with Crippen LogP contribution in [0.5, 0.6) is 5.88 Å². The van der Waals surface area contributed by atoms with E-state index in [1.807, 2.05) is 30.0 Å². The van der Waals surface area contributed by atoms with Crippen LogP contribution in [0.1, 0.15) is 105 Å². The fourth-order valence-corrected chi connectivity index (χ4v) is 9.50. The van der Waals surface area contributed by atoms with Crippen molar-refractivity contribution in [3.05, 3.63) is 47.3 Å². The number of nitrogens with zero attached hydrogens (tertiary/aromatic N) is 5. The summed E-state index contributed by atoms with van der Waals surface area (Å²) in [5.41, 5.74) is 10.8. The van der Waals surface area contributed by atoms with E-state index in [0.29, 0.717) is 48.2 Å². The van der Waals surface area contributed by atoms with Gasteiger partial charge in [-0.3, -0.25) is 14.0 Å². The molecule has 0 unspecified atom stereocenters. The molecule has 250 valence electrons. The standard InChI is InChI=1S/C37H42FN7O3/c1-19(40-35(47)36-16-37(38,17-36)18-36)26-9-7-22-11-28(43(33(22)41-26)15-20-3-4-20)31-32(21-5-6-21)45-29(42-31)12-23(13-30(45)48-2)34(46)44-24-8-10-27(44)25(39)14-24/h7,9,11-13,19-21,24-25,27H,3-6,8,10,14-18,39H2,1-2H3,(H,40,47)/t19-,24+,25-,27-,36?,37?/m1/s1. The molecule has 2 saturated heterocycles. The highest BCUT2D eigenvalue weighted by Crippen LogP contribution is 2.69. The van der Waals surface area contributed by atoms with Crippen molar-refractivity contribution < 1.29 is 18.7 Å². The molecule has 5 aliphatic carbocycles. The molecule has 2 aliphatic heterocycles. The number of nitrogens with two attached hydrogens (primary N) is 1. The van der Waals surface area contributed by atoms with E-state index in [9.17, 15) is 14.0 Å². The minimum Gasteiger partial charge on any atom is -0.482 e. The lowest BCUT2D eigenvalue weighted by atomic mass is 9.42. The first-order chi connectivity index (χ1) is 23.1. The quantitative estimate of drug-likeness (QED) is 0.250. The van der Waals surface area contributed by atoms with Crippen LogP contribution in [0.25, 0.3) is 28.1 Å². The van der Waals surface area contributed by atoms with Crippen molar-refractivity contribution in [2.75, 3.05) is 7.11 Å². The van der Waals surface area contributed by atoms with E-state index < -0.39 is 11.1 Å². The van der Waals surface area contributed by atoms with Gasteiger partial charge in [-0.2, -0.15) is 0 Å². The minimum atomic E-state index is -1.11. The van der Waals surface area contributed by atoms with Gasteiger partial charge in [0.2, 0.25) is 5.91 Å². The number of amides is 2. The smallest absolute Gasteiger partial charge is 0.254 e. The van der Waals surface area contributed by atoms with E-state index in [1.54, 1.807) is 7.11 Å². The van der Waals surface area contributed by atoms with Gasteiger partial charge >= 0.3 is 0 Å². The third kappa shape index (κ3) is 4.18. The maximum Gasteiger partial charge on any atom is 0.254 e. The number of hydrogen-bond acceptors (Lipinski definition) is 6. The Morgan fingerprint density at radius 3 is 2.52 bits per heavy atom. The summed E-state index contributed by atoms with van der Waals surface area (Å²) >= 11 is 0. The monoisotopic (exact) mass is 651 g/mol. The number of methoxy groups -OCH3 is 1. The van der Waals surface area contributed by atoms with Crippen LogP contribution < -0.4 is 15.8 Å². The molecule has 6 heterocycles. The van der Waals surface area contributed by atoms with Crippen molar-refractivity contribution >= 4 is 28.5 Å². The van der Waals surface area contributed by atoms with Crippen molar-refractivity contribution in [2.45, 2.75) is 113 Å². The molecule has 0 spiro atoms. The van der Waals surface area contributed by atoms with Crippen LogP contribution in [0, 0.1) is 11.3 Å². The van der Waals surface area contributed by atoms with Crippen molar-refractivity contribution in [1.82, 2.24) is 29.2 Å². The molecule has 4 atom stereocenters. The number of halogens is 1. The van der Waals surface area contributed by atoms with Gasteiger partial charge in [-0.15, -0.1) is 0 Å². The molecular weight excluding hydrogens is 609 g/mol. The maximum absolute atomic E-state index is 14.1. The summed E-state index contributed by atoms with van der Waals surface area (Å²) in [4.78, 5) is 39.4. The molecule has 5 saturated carbocycles. The summed E-state index contributed by atoms with van der Waals surface area (Å²) < 4.78 is 24.5. The van der Waals surface area contributed by atoms with E-state index in [2.05, 4.69) is 26.4 Å². The number of rotatable bonds is 9. The summed E-state index contributed by atoms with van der Waals surface area (Å²) in [6.07, 6.45) is 8.39. The Hall–Kier alpha value is -3.99. The first-order valence-electron chi connectivity index (χ1n) is 17.8. The van der Waals surface area contributed by atoms with Crippen molar-refractivity contribution in [1.29, 1.82) is 0 Å². The number of carbonyl (C=O) groups excluding carboxylic acids is 2. The number of pyridine rings is 2. The zero-order valence-electron chi connectivity index (χ0n) is 27.5. The molecule has 4 bridgehead atoms. The normalized spacial score (nSPS) is 30.8. The second kappa shape index (κ2) is 9.80. The molecule has 11 rings (SSSR count). The molecule has 4 aromatic heterocycles. The summed E-state index contributed by atoms with van der Waals surface area (Å²) in [5.74, 6) is 1.50. The average molecular weight is 652 g/mol. The molecule has 4 aromatic rings. The van der Waals surface area contributed by atoms with Crippen molar-refractivity contribution in [3.8, 4) is 17.3 Å². The molecule has 7 aliphatic rings. The van der Waals surface area contributed by atoms with Gasteiger partial charge in [0, 0.05) is 47.6 Å². The summed E-state index contributed by atoms with van der Waals surface area (Å²) in [6.45, 7) is 2.80. The van der Waals surface area contributed by atoms with Crippen molar-refractivity contribution in [3.63, 3.8) is 0 Å². The number of alkyl halides is 1. The van der Waals surface area contributed by atoms with E-state index >= 15 is 0 Å². The number of hydrogen-bond donors (Lipinski definition) is 2. The Labute approximate surface area is 278 Å². The SMILES string of the molecule is COc1cc(C(=O)N2[C@H]3CC[C@@H]2[C@H](N)C3)cc2nc(-c3cc4ccc([C@@H](C)NC(=O)C56CC(F)(C5)C6)nc4n3CC3CC3)c(C3CC3)n12. The van der Waals surface area contributed by atoms with E-state index in [4.69, 9.17) is 20.4 Å². The number of imidazole rings is 1. The lowest BCUT2D eigenvalue weighted by molar-refractivity contribution is -0.214. The van der Waals surface area contributed by atoms with Gasteiger partial charge < -0.3 is 25.3 Å². The van der Waals surface area contributed by atoms with E-state index in [0.717, 1.165) is 72.5 Å². The highest BCUT2D eigenvalue weighted by Gasteiger charge is 2.72. The summed E-state index contributed by atoms with van der Waals surface area (Å²) in [7, 11) is 1.66.